The van der Waals surface area contributed by atoms with Gasteiger partial charge in [-0.1, -0.05) is 6.07 Å². The van der Waals surface area contributed by atoms with E-state index in [1.54, 1.807) is 0 Å². The van der Waals surface area contributed by atoms with Crippen molar-refractivity contribution in [2.24, 2.45) is 0 Å². The van der Waals surface area contributed by atoms with E-state index >= 15 is 0 Å². The third-order valence-corrected chi connectivity index (χ3v) is 6.95. The molecule has 0 aromatic heterocycles. The Morgan fingerprint density at radius 2 is 1.40 bits per heavy atom. The third kappa shape index (κ3) is 4.09. The fraction of sp³-hybridized carbons (Fsp3) is 0.0667. The van der Waals surface area contributed by atoms with Crippen LogP contribution >= 0.6 is 0 Å². The first kappa shape index (κ1) is 26.2. The van der Waals surface area contributed by atoms with Crippen molar-refractivity contribution in [3.8, 4) is 68.6 Å². The van der Waals surface area contributed by atoms with Gasteiger partial charge in [0, 0.05) is 23.8 Å². The summed E-state index contributed by atoms with van der Waals surface area (Å²) < 4.78 is 11.3. The molecule has 0 saturated heterocycles. The summed E-state index contributed by atoms with van der Waals surface area (Å²) in [5.74, 6) is -6.38. The summed E-state index contributed by atoms with van der Waals surface area (Å²) in [6.07, 6.45) is -0.0243. The number of ketones is 2. The first-order valence-electron chi connectivity index (χ1n) is 12.3. The van der Waals surface area contributed by atoms with Gasteiger partial charge in [0.25, 0.3) is 0 Å². The number of aromatic hydroxyl groups is 8. The van der Waals surface area contributed by atoms with Crippen LogP contribution in [-0.2, 0) is 0 Å². The zero-order valence-corrected chi connectivity index (χ0v) is 21.2. The van der Waals surface area contributed by atoms with Crippen molar-refractivity contribution in [1.29, 1.82) is 0 Å². The van der Waals surface area contributed by atoms with Crippen molar-refractivity contribution >= 4 is 17.6 Å². The Morgan fingerprint density at radius 3 is 2.14 bits per heavy atom. The highest BCUT2D eigenvalue weighted by Gasteiger charge is 2.35. The van der Waals surface area contributed by atoms with Crippen LogP contribution in [0.3, 0.4) is 0 Å². The Balaban J connectivity index is 1.41. The molecule has 0 spiro atoms. The Labute approximate surface area is 235 Å². The van der Waals surface area contributed by atoms with Gasteiger partial charge in [-0.25, -0.2) is 0 Å². The molecule has 0 saturated carbocycles. The number of Topliss-reactive ketones (excluding diaryl/α,β-unsaturated/α-hetero) is 2. The van der Waals surface area contributed by atoms with Gasteiger partial charge in [0.1, 0.15) is 51.7 Å². The van der Waals surface area contributed by atoms with E-state index in [9.17, 15) is 50.4 Å². The van der Waals surface area contributed by atoms with E-state index in [0.29, 0.717) is 5.56 Å². The van der Waals surface area contributed by atoms with Gasteiger partial charge in [-0.05, 0) is 41.5 Å². The molecule has 6 rings (SSSR count). The Morgan fingerprint density at radius 1 is 0.667 bits per heavy atom. The molecule has 4 aromatic carbocycles. The molecular formula is C30H20O12. The minimum Gasteiger partial charge on any atom is -0.508 e. The average molecular weight is 572 g/mol. The highest BCUT2D eigenvalue weighted by atomic mass is 16.5. The number of hydrogen-bond acceptors (Lipinski definition) is 12. The lowest BCUT2D eigenvalue weighted by atomic mass is 9.90. The number of carbonyl (C=O) groups excluding carboxylic acids is 2. The van der Waals surface area contributed by atoms with Gasteiger partial charge in [0.15, 0.2) is 34.5 Å². The zero-order chi connectivity index (χ0) is 30.0. The van der Waals surface area contributed by atoms with E-state index in [0.717, 1.165) is 24.3 Å². The summed E-state index contributed by atoms with van der Waals surface area (Å²) >= 11 is 0. The number of benzene rings is 4. The number of ether oxygens (including phenoxy) is 2. The molecule has 4 aromatic rings. The van der Waals surface area contributed by atoms with Crippen LogP contribution in [0.25, 0.3) is 17.2 Å². The molecule has 0 fully saturated rings. The maximum atomic E-state index is 13.1. The molecule has 1 atom stereocenters. The van der Waals surface area contributed by atoms with Crippen molar-refractivity contribution < 1.29 is 59.9 Å². The SMILES string of the molecule is O=C1/C(=C/c2cc(O)c(O)c(-c3c(O)cc4c(c3O)C(=O)C[C@H](c3ccc(O)c(O)c3)O4)c2)Oc2cc(O)cc(O)c21. The minimum absolute atomic E-state index is 0.0615. The normalized spacial score (nSPS) is 16.6. The lowest BCUT2D eigenvalue weighted by Crippen LogP contribution is -2.20. The van der Waals surface area contributed by atoms with Gasteiger partial charge in [-0.15, -0.1) is 0 Å². The van der Waals surface area contributed by atoms with Crippen LogP contribution in [0.4, 0.5) is 0 Å². The van der Waals surface area contributed by atoms with Gasteiger partial charge >= 0.3 is 0 Å². The fourth-order valence-electron chi connectivity index (χ4n) is 5.00. The molecule has 2 aliphatic heterocycles. The van der Waals surface area contributed by atoms with E-state index in [4.69, 9.17) is 9.47 Å². The van der Waals surface area contributed by atoms with Crippen molar-refractivity contribution in [2.75, 3.05) is 0 Å². The molecular weight excluding hydrogens is 552 g/mol. The zero-order valence-electron chi connectivity index (χ0n) is 21.2. The molecule has 2 aliphatic rings. The van der Waals surface area contributed by atoms with Crippen LogP contribution in [0.15, 0.2) is 54.3 Å². The molecule has 0 amide bonds. The number of allylic oxidation sites excluding steroid dienone is 1. The lowest BCUT2D eigenvalue weighted by molar-refractivity contribution is 0.0844. The van der Waals surface area contributed by atoms with E-state index in [1.807, 2.05) is 0 Å². The predicted octanol–water partition coefficient (Wildman–Crippen LogP) is 4.32. The molecule has 8 N–H and O–H groups in total. The second kappa shape index (κ2) is 9.27. The first-order chi connectivity index (χ1) is 19.9. The number of phenolic OH excluding ortho intramolecular Hbond substituents is 8. The quantitative estimate of drug-likeness (QED) is 0.127. The topological polar surface area (TPSA) is 214 Å². The molecule has 0 aliphatic carbocycles. The van der Waals surface area contributed by atoms with Crippen LogP contribution in [0.1, 0.15) is 44.4 Å². The van der Waals surface area contributed by atoms with Crippen LogP contribution in [-0.4, -0.2) is 52.4 Å². The summed E-state index contributed by atoms with van der Waals surface area (Å²) in [5.41, 5.74) is -0.793. The van der Waals surface area contributed by atoms with Crippen molar-refractivity contribution in [2.45, 2.75) is 12.5 Å². The summed E-state index contributed by atoms with van der Waals surface area (Å²) in [7, 11) is 0. The summed E-state index contributed by atoms with van der Waals surface area (Å²) in [5, 5.41) is 82.2. The molecule has 2 heterocycles. The molecule has 212 valence electrons. The smallest absolute Gasteiger partial charge is 0.235 e. The predicted molar refractivity (Wildman–Crippen MR) is 143 cm³/mol. The van der Waals surface area contributed by atoms with Crippen molar-refractivity contribution in [3.63, 3.8) is 0 Å². The van der Waals surface area contributed by atoms with Crippen LogP contribution in [0, 0.1) is 0 Å². The Hall–Kier alpha value is -6.04. The monoisotopic (exact) mass is 572 g/mol. The largest absolute Gasteiger partial charge is 0.508 e. The average Bonchev–Trinajstić information content (AvgIpc) is 3.22. The maximum absolute atomic E-state index is 13.1. The van der Waals surface area contributed by atoms with Gasteiger partial charge in [-0.2, -0.15) is 0 Å². The highest BCUT2D eigenvalue weighted by molar-refractivity contribution is 6.16. The molecule has 0 radical (unpaired) electrons. The Bertz CT molecular complexity index is 1890. The van der Waals surface area contributed by atoms with Gasteiger partial charge < -0.3 is 50.3 Å². The van der Waals surface area contributed by atoms with Crippen LogP contribution < -0.4 is 9.47 Å². The number of hydrogen-bond donors (Lipinski definition) is 8. The maximum Gasteiger partial charge on any atom is 0.235 e. The molecule has 12 heteroatoms. The number of fused-ring (bicyclic) bond motifs is 2. The Kier molecular flexibility index (Phi) is 5.78. The molecule has 12 nitrogen and oxygen atoms in total. The third-order valence-electron chi connectivity index (χ3n) is 6.95. The molecule has 42 heavy (non-hydrogen) atoms. The van der Waals surface area contributed by atoms with Gasteiger partial charge in [0.2, 0.25) is 5.78 Å². The second-order valence-electron chi connectivity index (χ2n) is 9.69. The van der Waals surface area contributed by atoms with Gasteiger partial charge in [-0.3, -0.25) is 9.59 Å². The highest BCUT2D eigenvalue weighted by Crippen LogP contribution is 2.52. The van der Waals surface area contributed by atoms with E-state index in [2.05, 4.69) is 0 Å². The molecule has 0 bridgehead atoms. The minimum atomic E-state index is -0.914. The number of rotatable bonds is 3. The van der Waals surface area contributed by atoms with Gasteiger partial charge in [0.05, 0.1) is 12.0 Å². The standard InChI is InChI=1S/C30H20O12/c31-13-7-17(34)26-22(8-13)42-24(29(26)39)5-11-3-14(28(38)20(37)4-11)25-18(35)10-23-27(30(25)40)19(36)9-21(41-23)12-1-2-15(32)16(33)6-12/h1-8,10,21,31-35,37-38,40H,9H2/b24-5-/t21-/m1/s1. The van der Waals surface area contributed by atoms with Crippen LogP contribution in [0.5, 0.6) is 57.5 Å². The summed E-state index contributed by atoms with van der Waals surface area (Å²) in [6.45, 7) is 0. The number of phenols is 8. The van der Waals surface area contributed by atoms with E-state index < -0.39 is 57.7 Å². The lowest BCUT2D eigenvalue weighted by Gasteiger charge is -2.27. The number of carbonyl (C=O) groups is 2. The van der Waals surface area contributed by atoms with Crippen molar-refractivity contribution in [3.05, 3.63) is 76.5 Å². The first-order valence-corrected chi connectivity index (χ1v) is 12.3. The van der Waals surface area contributed by atoms with Crippen molar-refractivity contribution in [1.82, 2.24) is 0 Å². The summed E-state index contributed by atoms with van der Waals surface area (Å²) in [4.78, 5) is 25.9. The molecule has 0 unspecified atom stereocenters. The summed E-state index contributed by atoms with van der Waals surface area (Å²) in [6, 6.07) is 9.30. The van der Waals surface area contributed by atoms with E-state index in [1.165, 1.54) is 30.3 Å². The van der Waals surface area contributed by atoms with Crippen LogP contribution in [0.2, 0.25) is 0 Å². The fourth-order valence-corrected chi connectivity index (χ4v) is 5.00. The second-order valence-corrected chi connectivity index (χ2v) is 9.69. The van der Waals surface area contributed by atoms with E-state index in [-0.39, 0.29) is 57.4 Å².